The second-order valence-electron chi connectivity index (χ2n) is 6.51. The highest BCUT2D eigenvalue weighted by molar-refractivity contribution is 6.30. The molecule has 7 heteroatoms. The van der Waals surface area contributed by atoms with E-state index in [9.17, 15) is 9.59 Å². The first kappa shape index (κ1) is 19.5. The molecule has 0 saturated carbocycles. The van der Waals surface area contributed by atoms with Crippen molar-refractivity contribution in [2.24, 2.45) is 0 Å². The molecule has 0 bridgehead atoms. The van der Waals surface area contributed by atoms with Crippen LogP contribution in [0.4, 0.5) is 0 Å². The van der Waals surface area contributed by atoms with Crippen LogP contribution >= 0.6 is 11.6 Å². The number of ether oxygens (including phenoxy) is 1. The Morgan fingerprint density at radius 3 is 2.70 bits per heavy atom. The number of hydrogen-bond donors (Lipinski definition) is 1. The third kappa shape index (κ3) is 4.70. The van der Waals surface area contributed by atoms with E-state index in [1.54, 1.807) is 7.11 Å². The molecule has 2 amide bonds. The van der Waals surface area contributed by atoms with Crippen molar-refractivity contribution in [2.75, 3.05) is 26.8 Å². The fraction of sp³-hybridized carbons (Fsp3) is 0.400. The van der Waals surface area contributed by atoms with Crippen molar-refractivity contribution >= 4 is 23.4 Å². The maximum Gasteiger partial charge on any atom is 0.223 e. The molecule has 27 heavy (non-hydrogen) atoms. The average Bonchev–Trinajstić information content (AvgIpc) is 3.15. The van der Waals surface area contributed by atoms with Gasteiger partial charge in [0.15, 0.2) is 0 Å². The molecule has 2 heterocycles. The topological polar surface area (TPSA) is 63.6 Å². The van der Waals surface area contributed by atoms with Crippen LogP contribution in [-0.4, -0.2) is 48.1 Å². The number of amides is 2. The van der Waals surface area contributed by atoms with Gasteiger partial charge in [-0.15, -0.1) is 0 Å². The summed E-state index contributed by atoms with van der Waals surface area (Å²) >= 11 is 6.03. The van der Waals surface area contributed by atoms with Gasteiger partial charge in [0.05, 0.1) is 12.6 Å². The van der Waals surface area contributed by atoms with Crippen LogP contribution in [0.2, 0.25) is 5.02 Å². The molecule has 0 spiro atoms. The largest absolute Gasteiger partial charge is 0.383 e. The molecular weight excluding hydrogens is 366 g/mol. The van der Waals surface area contributed by atoms with Crippen molar-refractivity contribution < 1.29 is 14.3 Å². The van der Waals surface area contributed by atoms with Gasteiger partial charge in [0.1, 0.15) is 0 Å². The fourth-order valence-electron chi connectivity index (χ4n) is 3.39. The Hall–Kier alpha value is -2.31. The van der Waals surface area contributed by atoms with E-state index in [1.807, 2.05) is 47.5 Å². The monoisotopic (exact) mass is 389 g/mol. The van der Waals surface area contributed by atoms with Crippen molar-refractivity contribution in [2.45, 2.75) is 25.4 Å². The third-order valence-corrected chi connectivity index (χ3v) is 4.99. The van der Waals surface area contributed by atoms with E-state index in [2.05, 4.69) is 9.88 Å². The van der Waals surface area contributed by atoms with Crippen molar-refractivity contribution in [3.8, 4) is 0 Å². The Morgan fingerprint density at radius 1 is 1.19 bits per heavy atom. The Balaban J connectivity index is 1.72. The number of hydrogen-bond acceptors (Lipinski definition) is 3. The summed E-state index contributed by atoms with van der Waals surface area (Å²) in [6, 6.07) is 11.4. The molecule has 0 aliphatic carbocycles. The lowest BCUT2D eigenvalue weighted by Crippen LogP contribution is -2.42. The summed E-state index contributed by atoms with van der Waals surface area (Å²) in [5, 5.41) is 3.41. The van der Waals surface area contributed by atoms with Gasteiger partial charge < -0.3 is 19.5 Å². The third-order valence-electron chi connectivity index (χ3n) is 4.74. The summed E-state index contributed by atoms with van der Waals surface area (Å²) in [5.74, 6) is -0.159. The van der Waals surface area contributed by atoms with E-state index in [4.69, 9.17) is 16.3 Å². The highest BCUT2D eigenvalue weighted by Gasteiger charge is 2.31. The van der Waals surface area contributed by atoms with Gasteiger partial charge in [-0.3, -0.25) is 9.59 Å². The van der Waals surface area contributed by atoms with Crippen molar-refractivity contribution in [1.82, 2.24) is 14.8 Å². The van der Waals surface area contributed by atoms with Crippen LogP contribution in [0.25, 0.3) is 0 Å². The van der Waals surface area contributed by atoms with E-state index < -0.39 is 0 Å². The number of benzene rings is 1. The van der Waals surface area contributed by atoms with Gasteiger partial charge in [0.2, 0.25) is 11.8 Å². The second-order valence-corrected chi connectivity index (χ2v) is 6.95. The molecule has 2 aromatic rings. The zero-order valence-electron chi connectivity index (χ0n) is 15.4. The maximum atomic E-state index is 12.9. The van der Waals surface area contributed by atoms with Gasteiger partial charge in [-0.1, -0.05) is 23.7 Å². The van der Waals surface area contributed by atoms with Gasteiger partial charge in [0.25, 0.3) is 0 Å². The number of nitrogens with one attached hydrogen (secondary N) is 1. The van der Waals surface area contributed by atoms with Gasteiger partial charge in [0, 0.05) is 56.5 Å². The summed E-state index contributed by atoms with van der Waals surface area (Å²) < 4.78 is 7.08. The normalized spacial score (nSPS) is 16.1. The molecule has 0 radical (unpaired) electrons. The van der Waals surface area contributed by atoms with Crippen LogP contribution in [0.5, 0.6) is 0 Å². The van der Waals surface area contributed by atoms with Crippen molar-refractivity contribution in [3.05, 3.63) is 58.9 Å². The van der Waals surface area contributed by atoms with Crippen LogP contribution in [0.1, 0.15) is 30.1 Å². The van der Waals surface area contributed by atoms with E-state index in [-0.39, 0.29) is 30.7 Å². The Bertz CT molecular complexity index is 788. The predicted octanol–water partition coefficient (Wildman–Crippen LogP) is 2.62. The number of carbonyl (C=O) groups excluding carboxylic acids is 2. The van der Waals surface area contributed by atoms with Gasteiger partial charge >= 0.3 is 0 Å². The van der Waals surface area contributed by atoms with Crippen LogP contribution in [0.3, 0.4) is 0 Å². The number of methoxy groups -OCH3 is 1. The van der Waals surface area contributed by atoms with Crippen molar-refractivity contribution in [3.63, 3.8) is 0 Å². The lowest BCUT2D eigenvalue weighted by molar-refractivity contribution is -0.136. The molecular formula is C20H24ClN3O3. The number of fused-ring (bicyclic) bond motifs is 1. The minimum absolute atomic E-state index is 0.0238. The smallest absolute Gasteiger partial charge is 0.223 e. The van der Waals surface area contributed by atoms with Crippen LogP contribution in [-0.2, 0) is 20.9 Å². The second kappa shape index (κ2) is 9.06. The average molecular weight is 390 g/mol. The van der Waals surface area contributed by atoms with Crippen LogP contribution < -0.4 is 5.32 Å². The summed E-state index contributed by atoms with van der Waals surface area (Å²) in [7, 11) is 1.58. The molecule has 1 aromatic heterocycles. The number of rotatable bonds is 7. The SMILES string of the molecule is COCCNC(=O)CCC(=O)N1CCn2cccc2[C@H]1c1ccc(Cl)cc1. The summed E-state index contributed by atoms with van der Waals surface area (Å²) in [5.41, 5.74) is 2.08. The molecule has 1 aliphatic heterocycles. The number of halogens is 1. The molecule has 0 fully saturated rings. The standard InChI is InChI=1S/C20H24ClN3O3/c1-27-14-10-22-18(25)8-9-19(26)24-13-12-23-11-2-3-17(23)20(24)15-4-6-16(21)7-5-15/h2-7,11,20H,8-10,12-14H2,1H3,(H,22,25)/t20-/m1/s1. The fourth-order valence-corrected chi connectivity index (χ4v) is 3.52. The first-order valence-electron chi connectivity index (χ1n) is 9.05. The minimum Gasteiger partial charge on any atom is -0.383 e. The van der Waals surface area contributed by atoms with Crippen LogP contribution in [0, 0.1) is 0 Å². The molecule has 1 atom stereocenters. The first-order chi connectivity index (χ1) is 13.1. The lowest BCUT2D eigenvalue weighted by atomic mass is 9.99. The Labute approximate surface area is 164 Å². The zero-order valence-corrected chi connectivity index (χ0v) is 16.1. The highest BCUT2D eigenvalue weighted by atomic mass is 35.5. The van der Waals surface area contributed by atoms with E-state index in [0.29, 0.717) is 24.7 Å². The molecule has 0 unspecified atom stereocenters. The van der Waals surface area contributed by atoms with E-state index >= 15 is 0 Å². The molecule has 1 N–H and O–H groups in total. The number of aromatic nitrogens is 1. The first-order valence-corrected chi connectivity index (χ1v) is 9.43. The highest BCUT2D eigenvalue weighted by Crippen LogP contribution is 2.33. The van der Waals surface area contributed by atoms with Crippen LogP contribution in [0.15, 0.2) is 42.6 Å². The molecule has 144 valence electrons. The quantitative estimate of drug-likeness (QED) is 0.740. The van der Waals surface area contributed by atoms with E-state index in [1.165, 1.54) is 0 Å². The number of nitrogens with zero attached hydrogens (tertiary/aromatic N) is 2. The van der Waals surface area contributed by atoms with E-state index in [0.717, 1.165) is 17.8 Å². The van der Waals surface area contributed by atoms with Gasteiger partial charge in [-0.05, 0) is 29.8 Å². The maximum absolute atomic E-state index is 12.9. The lowest BCUT2D eigenvalue weighted by Gasteiger charge is -2.37. The summed E-state index contributed by atoms with van der Waals surface area (Å²) in [6.45, 7) is 2.27. The number of carbonyl (C=O) groups is 2. The zero-order chi connectivity index (χ0) is 19.2. The molecule has 1 aromatic carbocycles. The molecule has 6 nitrogen and oxygen atoms in total. The molecule has 0 saturated heterocycles. The minimum atomic E-state index is -0.171. The van der Waals surface area contributed by atoms with Gasteiger partial charge in [-0.2, -0.15) is 0 Å². The Kier molecular flexibility index (Phi) is 6.53. The molecule has 1 aliphatic rings. The summed E-state index contributed by atoms with van der Waals surface area (Å²) in [4.78, 5) is 26.7. The molecule has 3 rings (SSSR count). The summed E-state index contributed by atoms with van der Waals surface area (Å²) in [6.07, 6.45) is 2.39. The predicted molar refractivity (Wildman–Crippen MR) is 104 cm³/mol. The van der Waals surface area contributed by atoms with Gasteiger partial charge in [-0.25, -0.2) is 0 Å². The Morgan fingerprint density at radius 2 is 1.96 bits per heavy atom. The van der Waals surface area contributed by atoms with Crippen molar-refractivity contribution in [1.29, 1.82) is 0 Å².